The Labute approximate surface area is 186 Å². The van der Waals surface area contributed by atoms with Gasteiger partial charge in [-0.15, -0.1) is 0 Å². The number of aryl methyl sites for hydroxylation is 1. The van der Waals surface area contributed by atoms with E-state index in [2.05, 4.69) is 14.9 Å². The molecule has 0 amide bonds. The van der Waals surface area contributed by atoms with Crippen molar-refractivity contribution in [3.05, 3.63) is 71.3 Å². The Kier molecular flexibility index (Phi) is 4.33. The van der Waals surface area contributed by atoms with Crippen molar-refractivity contribution in [1.82, 2.24) is 24.1 Å². The van der Waals surface area contributed by atoms with Crippen molar-refractivity contribution >= 4 is 21.9 Å². The van der Waals surface area contributed by atoms with Gasteiger partial charge in [-0.3, -0.25) is 14.0 Å². The lowest BCUT2D eigenvalue weighted by atomic mass is 10.0. The smallest absolute Gasteiger partial charge is 0.387 e. The highest BCUT2D eigenvalue weighted by atomic mass is 19.3. The molecule has 1 aliphatic carbocycles. The van der Waals surface area contributed by atoms with Gasteiger partial charge < -0.3 is 4.74 Å². The summed E-state index contributed by atoms with van der Waals surface area (Å²) < 4.78 is 34.9. The molecule has 0 atom stereocenters. The topological polar surface area (TPSA) is 66.9 Å². The monoisotopic (exact) mass is 447 g/mol. The van der Waals surface area contributed by atoms with Gasteiger partial charge in [0, 0.05) is 29.6 Å². The molecule has 3 heterocycles. The molecule has 0 unspecified atom stereocenters. The van der Waals surface area contributed by atoms with Crippen LogP contribution in [-0.2, 0) is 7.05 Å². The minimum Gasteiger partial charge on any atom is -0.435 e. The number of alkyl halides is 2. The summed E-state index contributed by atoms with van der Waals surface area (Å²) in [5.74, 6) is 0.0342. The van der Waals surface area contributed by atoms with E-state index in [1.165, 1.54) is 12.1 Å². The fourth-order valence-corrected chi connectivity index (χ4v) is 4.26. The van der Waals surface area contributed by atoms with Gasteiger partial charge in [-0.05, 0) is 60.9 Å². The number of benzene rings is 2. The average Bonchev–Trinajstić information content (AvgIpc) is 3.43. The second-order valence-corrected chi connectivity index (χ2v) is 8.25. The van der Waals surface area contributed by atoms with E-state index < -0.39 is 6.61 Å². The molecular weight excluding hydrogens is 428 g/mol. The van der Waals surface area contributed by atoms with Gasteiger partial charge in [-0.25, -0.2) is 4.68 Å². The first-order valence-corrected chi connectivity index (χ1v) is 10.6. The lowest BCUT2D eigenvalue weighted by Crippen LogP contribution is -2.22. The van der Waals surface area contributed by atoms with Gasteiger partial charge in [0.15, 0.2) is 0 Å². The van der Waals surface area contributed by atoms with Gasteiger partial charge in [-0.1, -0.05) is 6.07 Å². The van der Waals surface area contributed by atoms with E-state index in [1.54, 1.807) is 27.6 Å². The minimum absolute atomic E-state index is 0.0342. The molecule has 2 aromatic carbocycles. The van der Waals surface area contributed by atoms with Crippen LogP contribution in [0.15, 0.2) is 65.7 Å². The zero-order chi connectivity index (χ0) is 22.7. The summed E-state index contributed by atoms with van der Waals surface area (Å²) in [5.41, 5.74) is 3.17. The molecule has 0 saturated heterocycles. The quantitative estimate of drug-likeness (QED) is 0.393. The molecule has 1 fully saturated rings. The van der Waals surface area contributed by atoms with Crippen molar-refractivity contribution in [3.8, 4) is 22.6 Å². The molecule has 1 aliphatic rings. The third kappa shape index (κ3) is 3.36. The van der Waals surface area contributed by atoms with Crippen LogP contribution in [0.1, 0.15) is 18.9 Å². The fourth-order valence-electron chi connectivity index (χ4n) is 4.26. The summed E-state index contributed by atoms with van der Waals surface area (Å²) in [6.07, 6.45) is 5.68. The van der Waals surface area contributed by atoms with Crippen LogP contribution in [0.3, 0.4) is 0 Å². The molecule has 0 aliphatic heterocycles. The summed E-state index contributed by atoms with van der Waals surface area (Å²) in [6.45, 7) is -2.91. The van der Waals surface area contributed by atoms with Gasteiger partial charge in [0.1, 0.15) is 11.4 Å². The van der Waals surface area contributed by atoms with Gasteiger partial charge in [0.25, 0.3) is 5.56 Å². The van der Waals surface area contributed by atoms with Crippen LogP contribution in [0.5, 0.6) is 5.75 Å². The maximum absolute atomic E-state index is 13.8. The van der Waals surface area contributed by atoms with E-state index in [4.69, 9.17) is 0 Å². The zero-order valence-corrected chi connectivity index (χ0v) is 17.7. The van der Waals surface area contributed by atoms with Crippen molar-refractivity contribution in [1.29, 1.82) is 0 Å². The predicted octanol–water partition coefficient (Wildman–Crippen LogP) is 4.68. The van der Waals surface area contributed by atoms with E-state index in [0.717, 1.165) is 34.7 Å². The molecular formula is C24H19F2N5O2. The van der Waals surface area contributed by atoms with Gasteiger partial charge >= 0.3 is 6.61 Å². The first kappa shape index (κ1) is 19.7. The first-order valence-electron chi connectivity index (χ1n) is 10.6. The standard InChI is InChI=1S/C24H19F2N5O2/c1-29-13-16-10-14(2-9-21(16)28-29)20-11-15-12-27-31(18-3-4-18)22(15)30(23(20)32)17-5-7-19(8-6-17)33-24(25)26/h2,5-13,18,24H,3-4H2,1H3. The van der Waals surface area contributed by atoms with E-state index in [9.17, 15) is 13.6 Å². The highest BCUT2D eigenvalue weighted by Crippen LogP contribution is 2.37. The van der Waals surface area contributed by atoms with Gasteiger partial charge in [0.2, 0.25) is 0 Å². The number of hydrogen-bond donors (Lipinski definition) is 0. The van der Waals surface area contributed by atoms with Crippen LogP contribution in [0.2, 0.25) is 0 Å². The van der Waals surface area contributed by atoms with E-state index in [0.29, 0.717) is 16.9 Å². The second kappa shape index (κ2) is 7.26. The maximum atomic E-state index is 13.8. The number of aromatic nitrogens is 5. The largest absolute Gasteiger partial charge is 0.435 e. The predicted molar refractivity (Wildman–Crippen MR) is 120 cm³/mol. The summed E-state index contributed by atoms with van der Waals surface area (Å²) >= 11 is 0. The lowest BCUT2D eigenvalue weighted by molar-refractivity contribution is -0.0498. The highest BCUT2D eigenvalue weighted by molar-refractivity contribution is 5.87. The molecule has 5 aromatic rings. The van der Waals surface area contributed by atoms with Gasteiger partial charge in [-0.2, -0.15) is 19.0 Å². The zero-order valence-electron chi connectivity index (χ0n) is 17.7. The number of halogens is 2. The maximum Gasteiger partial charge on any atom is 0.387 e. The molecule has 166 valence electrons. The lowest BCUT2D eigenvalue weighted by Gasteiger charge is -2.14. The van der Waals surface area contributed by atoms with Crippen molar-refractivity contribution in [3.63, 3.8) is 0 Å². The number of ether oxygens (including phenoxy) is 1. The molecule has 0 spiro atoms. The fraction of sp³-hybridized carbons (Fsp3) is 0.208. The van der Waals surface area contributed by atoms with Crippen LogP contribution < -0.4 is 10.3 Å². The Morgan fingerprint density at radius 2 is 1.85 bits per heavy atom. The molecule has 0 bridgehead atoms. The summed E-state index contributed by atoms with van der Waals surface area (Å²) in [6, 6.07) is 13.9. The molecule has 3 aromatic heterocycles. The Morgan fingerprint density at radius 1 is 1.06 bits per heavy atom. The van der Waals surface area contributed by atoms with Crippen LogP contribution >= 0.6 is 0 Å². The van der Waals surface area contributed by atoms with Crippen LogP contribution in [0.4, 0.5) is 8.78 Å². The number of fused-ring (bicyclic) bond motifs is 2. The second-order valence-electron chi connectivity index (χ2n) is 8.25. The summed E-state index contributed by atoms with van der Waals surface area (Å²) in [4.78, 5) is 13.8. The Morgan fingerprint density at radius 3 is 2.58 bits per heavy atom. The van der Waals surface area contributed by atoms with E-state index >= 15 is 0 Å². The first-order chi connectivity index (χ1) is 16.0. The number of nitrogens with zero attached hydrogens (tertiary/aromatic N) is 5. The van der Waals surface area contributed by atoms with Crippen molar-refractivity contribution in [2.75, 3.05) is 0 Å². The number of pyridine rings is 1. The van der Waals surface area contributed by atoms with E-state index in [1.807, 2.05) is 42.2 Å². The summed E-state index contributed by atoms with van der Waals surface area (Å²) in [5, 5.41) is 10.7. The summed E-state index contributed by atoms with van der Waals surface area (Å²) in [7, 11) is 1.85. The third-order valence-electron chi connectivity index (χ3n) is 5.88. The molecule has 6 rings (SSSR count). The third-order valence-corrected chi connectivity index (χ3v) is 5.88. The van der Waals surface area contributed by atoms with Crippen molar-refractivity contribution < 1.29 is 13.5 Å². The minimum atomic E-state index is -2.91. The van der Waals surface area contributed by atoms with Crippen LogP contribution in [-0.4, -0.2) is 30.7 Å². The normalized spacial score (nSPS) is 13.9. The highest BCUT2D eigenvalue weighted by Gasteiger charge is 2.28. The van der Waals surface area contributed by atoms with Crippen LogP contribution in [0.25, 0.3) is 38.8 Å². The molecule has 33 heavy (non-hydrogen) atoms. The molecule has 0 N–H and O–H groups in total. The SMILES string of the molecule is Cn1cc2cc(-c3cc4cnn(C5CC5)c4n(-c4ccc(OC(F)F)cc4)c3=O)ccc2n1. The average molecular weight is 447 g/mol. The Bertz CT molecular complexity index is 1560. The van der Waals surface area contributed by atoms with E-state index in [-0.39, 0.29) is 17.4 Å². The Balaban J connectivity index is 1.58. The molecule has 1 saturated carbocycles. The number of rotatable bonds is 5. The van der Waals surface area contributed by atoms with Crippen LogP contribution in [0, 0.1) is 0 Å². The van der Waals surface area contributed by atoms with Crippen molar-refractivity contribution in [2.24, 2.45) is 7.05 Å². The van der Waals surface area contributed by atoms with Gasteiger partial charge in [0.05, 0.1) is 23.4 Å². The molecule has 7 nitrogen and oxygen atoms in total. The molecule has 9 heteroatoms. The number of hydrogen-bond acceptors (Lipinski definition) is 4. The Hall–Kier alpha value is -4.01. The van der Waals surface area contributed by atoms with Crippen molar-refractivity contribution in [2.45, 2.75) is 25.5 Å². The molecule has 0 radical (unpaired) electrons.